The molecular formula is C11H15N3. The Balaban J connectivity index is 2.57. The molecule has 3 heteroatoms. The zero-order valence-electron chi connectivity index (χ0n) is 8.86. The summed E-state index contributed by atoms with van der Waals surface area (Å²) in [7, 11) is 4.08. The van der Waals surface area contributed by atoms with E-state index in [0.29, 0.717) is 0 Å². The van der Waals surface area contributed by atoms with Crippen molar-refractivity contribution in [2.75, 3.05) is 19.0 Å². The summed E-state index contributed by atoms with van der Waals surface area (Å²) in [5, 5.41) is 0. The highest BCUT2D eigenvalue weighted by Gasteiger charge is 2.02. The molecule has 74 valence electrons. The smallest absolute Gasteiger partial charge is 0.0958 e. The van der Waals surface area contributed by atoms with Crippen molar-refractivity contribution in [2.24, 2.45) is 0 Å². The third kappa shape index (κ3) is 1.35. The maximum Gasteiger partial charge on any atom is 0.0958 e. The molecule has 1 aromatic heterocycles. The quantitative estimate of drug-likeness (QED) is 0.721. The molecule has 0 amide bonds. The molecule has 0 N–H and O–H groups in total. The third-order valence-electron chi connectivity index (χ3n) is 2.46. The van der Waals surface area contributed by atoms with Crippen molar-refractivity contribution in [1.82, 2.24) is 9.55 Å². The minimum absolute atomic E-state index is 0.970. The van der Waals surface area contributed by atoms with Gasteiger partial charge in [0.05, 0.1) is 17.4 Å². The maximum atomic E-state index is 4.37. The fraction of sp³-hybridized carbons (Fsp3) is 0.364. The van der Waals surface area contributed by atoms with Crippen molar-refractivity contribution in [3.05, 3.63) is 24.5 Å². The zero-order valence-corrected chi connectivity index (χ0v) is 8.86. The van der Waals surface area contributed by atoms with E-state index >= 15 is 0 Å². The SMILES string of the molecule is CCn1cnc2cc(N(C)C)ccc21. The first-order valence-corrected chi connectivity index (χ1v) is 4.84. The molecular weight excluding hydrogens is 174 g/mol. The second-order valence-corrected chi connectivity index (χ2v) is 3.60. The maximum absolute atomic E-state index is 4.37. The molecule has 0 radical (unpaired) electrons. The van der Waals surface area contributed by atoms with Crippen LogP contribution in [0.3, 0.4) is 0 Å². The average molecular weight is 189 g/mol. The Kier molecular flexibility index (Phi) is 2.15. The van der Waals surface area contributed by atoms with E-state index in [1.807, 2.05) is 20.4 Å². The molecule has 2 aromatic rings. The highest BCUT2D eigenvalue weighted by molar-refractivity contribution is 5.79. The van der Waals surface area contributed by atoms with Crippen LogP contribution in [0.25, 0.3) is 11.0 Å². The Labute approximate surface area is 84.0 Å². The first-order valence-electron chi connectivity index (χ1n) is 4.84. The number of aryl methyl sites for hydroxylation is 1. The molecule has 0 aliphatic heterocycles. The molecule has 0 atom stereocenters. The van der Waals surface area contributed by atoms with Gasteiger partial charge in [-0.05, 0) is 25.1 Å². The van der Waals surface area contributed by atoms with Gasteiger partial charge in [0.2, 0.25) is 0 Å². The summed E-state index contributed by atoms with van der Waals surface area (Å²) in [6.07, 6.45) is 1.89. The molecule has 0 aliphatic rings. The first-order chi connectivity index (χ1) is 6.72. The Morgan fingerprint density at radius 1 is 1.36 bits per heavy atom. The zero-order chi connectivity index (χ0) is 10.1. The van der Waals surface area contributed by atoms with E-state index in [9.17, 15) is 0 Å². The molecule has 0 aliphatic carbocycles. The van der Waals surface area contributed by atoms with Crippen molar-refractivity contribution in [2.45, 2.75) is 13.5 Å². The van der Waals surface area contributed by atoms with Gasteiger partial charge in [0.1, 0.15) is 0 Å². The van der Waals surface area contributed by atoms with Crippen LogP contribution in [0, 0.1) is 0 Å². The summed E-state index contributed by atoms with van der Waals surface area (Å²) in [5.74, 6) is 0. The monoisotopic (exact) mass is 189 g/mol. The average Bonchev–Trinajstić information content (AvgIpc) is 2.59. The largest absolute Gasteiger partial charge is 0.378 e. The van der Waals surface area contributed by atoms with E-state index in [2.05, 4.69) is 39.6 Å². The normalized spacial score (nSPS) is 10.8. The summed E-state index contributed by atoms with van der Waals surface area (Å²) in [6.45, 7) is 3.10. The number of rotatable bonds is 2. The lowest BCUT2D eigenvalue weighted by molar-refractivity contribution is 0.787. The molecule has 14 heavy (non-hydrogen) atoms. The van der Waals surface area contributed by atoms with Gasteiger partial charge in [-0.2, -0.15) is 0 Å². The number of hydrogen-bond donors (Lipinski definition) is 0. The second-order valence-electron chi connectivity index (χ2n) is 3.60. The predicted molar refractivity (Wildman–Crippen MR) is 59.7 cm³/mol. The van der Waals surface area contributed by atoms with Crippen LogP contribution in [0.2, 0.25) is 0 Å². The van der Waals surface area contributed by atoms with E-state index in [4.69, 9.17) is 0 Å². The molecule has 0 saturated heterocycles. The third-order valence-corrected chi connectivity index (χ3v) is 2.46. The lowest BCUT2D eigenvalue weighted by atomic mass is 10.2. The number of hydrogen-bond acceptors (Lipinski definition) is 2. The van der Waals surface area contributed by atoms with E-state index in [1.54, 1.807) is 0 Å². The van der Waals surface area contributed by atoms with Gasteiger partial charge in [0.15, 0.2) is 0 Å². The van der Waals surface area contributed by atoms with Crippen molar-refractivity contribution in [1.29, 1.82) is 0 Å². The highest BCUT2D eigenvalue weighted by atomic mass is 15.1. The second kappa shape index (κ2) is 3.33. The van der Waals surface area contributed by atoms with Crippen molar-refractivity contribution < 1.29 is 0 Å². The van der Waals surface area contributed by atoms with Crippen LogP contribution in [0.4, 0.5) is 5.69 Å². The van der Waals surface area contributed by atoms with Crippen molar-refractivity contribution in [3.8, 4) is 0 Å². The summed E-state index contributed by atoms with van der Waals surface area (Å²) in [5.41, 5.74) is 3.47. The lowest BCUT2D eigenvalue weighted by Crippen LogP contribution is -2.08. The van der Waals surface area contributed by atoms with E-state index in [0.717, 1.165) is 12.1 Å². The predicted octanol–water partition coefficient (Wildman–Crippen LogP) is 2.12. The fourth-order valence-corrected chi connectivity index (χ4v) is 1.58. The van der Waals surface area contributed by atoms with Crippen LogP contribution < -0.4 is 4.90 Å². The van der Waals surface area contributed by atoms with Crippen LogP contribution in [0.15, 0.2) is 24.5 Å². The molecule has 1 heterocycles. The highest BCUT2D eigenvalue weighted by Crippen LogP contribution is 2.19. The summed E-state index contributed by atoms with van der Waals surface area (Å²) in [4.78, 5) is 6.46. The molecule has 0 spiro atoms. The Morgan fingerprint density at radius 2 is 2.14 bits per heavy atom. The molecule has 0 bridgehead atoms. The minimum atomic E-state index is 0.970. The number of aromatic nitrogens is 2. The number of fused-ring (bicyclic) bond motifs is 1. The number of imidazole rings is 1. The van der Waals surface area contributed by atoms with Gasteiger partial charge in [-0.25, -0.2) is 4.98 Å². The molecule has 0 unspecified atom stereocenters. The molecule has 1 aromatic carbocycles. The number of anilines is 1. The van der Waals surface area contributed by atoms with Gasteiger partial charge >= 0.3 is 0 Å². The van der Waals surface area contributed by atoms with E-state index in [-0.39, 0.29) is 0 Å². The number of nitrogens with zero attached hydrogens (tertiary/aromatic N) is 3. The van der Waals surface area contributed by atoms with Crippen LogP contribution in [-0.4, -0.2) is 23.6 Å². The Morgan fingerprint density at radius 3 is 2.79 bits per heavy atom. The topological polar surface area (TPSA) is 21.1 Å². The molecule has 3 nitrogen and oxygen atoms in total. The minimum Gasteiger partial charge on any atom is -0.378 e. The van der Waals surface area contributed by atoms with Crippen LogP contribution in [-0.2, 0) is 6.54 Å². The van der Waals surface area contributed by atoms with Crippen LogP contribution in [0.5, 0.6) is 0 Å². The number of benzene rings is 1. The Hall–Kier alpha value is -1.51. The summed E-state index contributed by atoms with van der Waals surface area (Å²) >= 11 is 0. The first kappa shape index (κ1) is 9.06. The summed E-state index contributed by atoms with van der Waals surface area (Å²) < 4.78 is 2.15. The van der Waals surface area contributed by atoms with Gasteiger partial charge in [-0.15, -0.1) is 0 Å². The van der Waals surface area contributed by atoms with Gasteiger partial charge < -0.3 is 9.47 Å². The van der Waals surface area contributed by atoms with Crippen molar-refractivity contribution in [3.63, 3.8) is 0 Å². The summed E-state index contributed by atoms with van der Waals surface area (Å²) in [6, 6.07) is 6.36. The van der Waals surface area contributed by atoms with Gasteiger partial charge in [0, 0.05) is 26.3 Å². The van der Waals surface area contributed by atoms with Crippen LogP contribution >= 0.6 is 0 Å². The van der Waals surface area contributed by atoms with E-state index < -0.39 is 0 Å². The standard InChI is InChI=1S/C11H15N3/c1-4-14-8-12-10-7-9(13(2)3)5-6-11(10)14/h5-8H,4H2,1-3H3. The molecule has 2 rings (SSSR count). The van der Waals surface area contributed by atoms with Crippen LogP contribution in [0.1, 0.15) is 6.92 Å². The van der Waals surface area contributed by atoms with Gasteiger partial charge in [-0.1, -0.05) is 0 Å². The molecule has 0 saturated carbocycles. The van der Waals surface area contributed by atoms with Gasteiger partial charge in [-0.3, -0.25) is 0 Å². The van der Waals surface area contributed by atoms with E-state index in [1.165, 1.54) is 11.2 Å². The van der Waals surface area contributed by atoms with Gasteiger partial charge in [0.25, 0.3) is 0 Å². The Bertz CT molecular complexity index is 443. The fourth-order valence-electron chi connectivity index (χ4n) is 1.58. The van der Waals surface area contributed by atoms with Crippen molar-refractivity contribution >= 4 is 16.7 Å². The molecule has 0 fully saturated rings. The lowest BCUT2D eigenvalue weighted by Gasteiger charge is -2.11.